The standard InChI is InChI=1S/C16H23NO2/c1-5-11(2)10-12(3)13(4)16(19)17-14-6-8-15(18)9-7-14/h6-10,12-13,18H,5H2,1-4H3,(H,17,19)/b11-10+. The summed E-state index contributed by atoms with van der Waals surface area (Å²) in [5.74, 6) is 0.312. The summed E-state index contributed by atoms with van der Waals surface area (Å²) in [6.45, 7) is 8.18. The minimum absolute atomic E-state index is 0.00153. The molecule has 0 aliphatic carbocycles. The molecule has 0 saturated heterocycles. The van der Waals surface area contributed by atoms with E-state index < -0.39 is 0 Å². The lowest BCUT2D eigenvalue weighted by Crippen LogP contribution is -2.25. The number of rotatable bonds is 5. The normalized spacial score (nSPS) is 14.8. The average molecular weight is 261 g/mol. The maximum absolute atomic E-state index is 12.1. The number of hydrogen-bond acceptors (Lipinski definition) is 2. The van der Waals surface area contributed by atoms with Gasteiger partial charge in [-0.25, -0.2) is 0 Å². The summed E-state index contributed by atoms with van der Waals surface area (Å²) in [5, 5.41) is 12.1. The highest BCUT2D eigenvalue weighted by Crippen LogP contribution is 2.19. The first kappa shape index (κ1) is 15.3. The second kappa shape index (κ2) is 6.98. The molecule has 2 atom stereocenters. The molecular formula is C16H23NO2. The van der Waals surface area contributed by atoms with Gasteiger partial charge in [-0.2, -0.15) is 0 Å². The number of nitrogens with one attached hydrogen (secondary N) is 1. The van der Waals surface area contributed by atoms with Crippen LogP contribution >= 0.6 is 0 Å². The van der Waals surface area contributed by atoms with Crippen molar-refractivity contribution < 1.29 is 9.90 Å². The minimum atomic E-state index is -0.0877. The van der Waals surface area contributed by atoms with Crippen LogP contribution in [0.5, 0.6) is 5.75 Å². The summed E-state index contributed by atoms with van der Waals surface area (Å²) in [4.78, 5) is 12.1. The molecule has 1 rings (SSSR count). The van der Waals surface area contributed by atoms with Gasteiger partial charge in [0, 0.05) is 11.6 Å². The Balaban J connectivity index is 2.64. The molecule has 0 bridgehead atoms. The zero-order chi connectivity index (χ0) is 14.4. The molecule has 3 heteroatoms. The number of aromatic hydroxyl groups is 1. The van der Waals surface area contributed by atoms with Gasteiger partial charge in [0.2, 0.25) is 5.91 Å². The van der Waals surface area contributed by atoms with E-state index in [1.807, 2.05) is 6.92 Å². The quantitative estimate of drug-likeness (QED) is 0.622. The van der Waals surface area contributed by atoms with E-state index in [-0.39, 0.29) is 23.5 Å². The number of anilines is 1. The van der Waals surface area contributed by atoms with Gasteiger partial charge < -0.3 is 10.4 Å². The zero-order valence-electron chi connectivity index (χ0n) is 12.1. The van der Waals surface area contributed by atoms with E-state index in [4.69, 9.17) is 0 Å². The Hall–Kier alpha value is -1.77. The molecule has 0 aromatic heterocycles. The van der Waals surface area contributed by atoms with Crippen molar-refractivity contribution >= 4 is 11.6 Å². The molecule has 1 aromatic carbocycles. The van der Waals surface area contributed by atoms with Crippen molar-refractivity contribution in [1.82, 2.24) is 0 Å². The number of hydrogen-bond donors (Lipinski definition) is 2. The third-order valence-electron chi connectivity index (χ3n) is 3.44. The van der Waals surface area contributed by atoms with Gasteiger partial charge in [0.05, 0.1) is 0 Å². The van der Waals surface area contributed by atoms with Gasteiger partial charge in [0.25, 0.3) is 0 Å². The Labute approximate surface area is 115 Å². The molecule has 0 spiro atoms. The Morgan fingerprint density at radius 1 is 1.32 bits per heavy atom. The van der Waals surface area contributed by atoms with E-state index in [0.29, 0.717) is 5.69 Å². The van der Waals surface area contributed by atoms with E-state index in [0.717, 1.165) is 6.42 Å². The van der Waals surface area contributed by atoms with Crippen molar-refractivity contribution in [3.05, 3.63) is 35.9 Å². The molecule has 0 fully saturated rings. The van der Waals surface area contributed by atoms with Crippen LogP contribution in [0.3, 0.4) is 0 Å². The van der Waals surface area contributed by atoms with Crippen LogP contribution in [0, 0.1) is 11.8 Å². The van der Waals surface area contributed by atoms with E-state index in [1.165, 1.54) is 5.57 Å². The second-order valence-corrected chi connectivity index (χ2v) is 5.05. The topological polar surface area (TPSA) is 49.3 Å². The van der Waals surface area contributed by atoms with Crippen molar-refractivity contribution in [3.8, 4) is 5.75 Å². The fourth-order valence-electron chi connectivity index (χ4n) is 1.75. The predicted octanol–water partition coefficient (Wildman–Crippen LogP) is 3.96. The van der Waals surface area contributed by atoms with Gasteiger partial charge in [0.1, 0.15) is 5.75 Å². The summed E-state index contributed by atoms with van der Waals surface area (Å²) >= 11 is 0. The fourth-order valence-corrected chi connectivity index (χ4v) is 1.75. The number of benzene rings is 1. The van der Waals surface area contributed by atoms with Gasteiger partial charge in [-0.1, -0.05) is 32.4 Å². The summed E-state index contributed by atoms with van der Waals surface area (Å²) in [7, 11) is 0. The minimum Gasteiger partial charge on any atom is -0.508 e. The molecule has 19 heavy (non-hydrogen) atoms. The van der Waals surface area contributed by atoms with E-state index in [9.17, 15) is 9.90 Å². The molecule has 2 N–H and O–H groups in total. The average Bonchev–Trinajstić information content (AvgIpc) is 2.40. The molecule has 0 radical (unpaired) electrons. The summed E-state index contributed by atoms with van der Waals surface area (Å²) in [6.07, 6.45) is 3.16. The smallest absolute Gasteiger partial charge is 0.227 e. The molecule has 104 valence electrons. The monoisotopic (exact) mass is 261 g/mol. The first-order valence-corrected chi connectivity index (χ1v) is 6.71. The van der Waals surface area contributed by atoms with Crippen LogP contribution in [0.1, 0.15) is 34.1 Å². The lowest BCUT2D eigenvalue weighted by atomic mass is 9.92. The Morgan fingerprint density at radius 2 is 1.89 bits per heavy atom. The molecule has 1 aromatic rings. The van der Waals surface area contributed by atoms with Gasteiger partial charge in [-0.15, -0.1) is 0 Å². The number of amides is 1. The summed E-state index contributed by atoms with van der Waals surface area (Å²) in [6, 6.07) is 6.51. The third kappa shape index (κ3) is 4.78. The van der Waals surface area contributed by atoms with Crippen LogP contribution in [-0.4, -0.2) is 11.0 Å². The van der Waals surface area contributed by atoms with Gasteiger partial charge in [0.15, 0.2) is 0 Å². The summed E-state index contributed by atoms with van der Waals surface area (Å²) < 4.78 is 0. The SMILES string of the molecule is CC/C(C)=C/C(C)C(C)C(=O)Nc1ccc(O)cc1. The number of carbonyl (C=O) groups is 1. The van der Waals surface area contributed by atoms with Crippen LogP contribution in [0.2, 0.25) is 0 Å². The molecule has 0 aliphatic heterocycles. The number of allylic oxidation sites excluding steroid dienone is 2. The van der Waals surface area contributed by atoms with Crippen LogP contribution in [0.15, 0.2) is 35.9 Å². The molecule has 0 saturated carbocycles. The van der Waals surface area contributed by atoms with E-state index in [2.05, 4.69) is 32.2 Å². The Bertz CT molecular complexity index is 448. The number of phenolic OH excluding ortho intramolecular Hbond substituents is 1. The molecule has 2 unspecified atom stereocenters. The van der Waals surface area contributed by atoms with Crippen molar-refractivity contribution in [2.45, 2.75) is 34.1 Å². The Morgan fingerprint density at radius 3 is 2.42 bits per heavy atom. The zero-order valence-corrected chi connectivity index (χ0v) is 12.1. The summed E-state index contributed by atoms with van der Waals surface area (Å²) in [5.41, 5.74) is 2.01. The molecular weight excluding hydrogens is 238 g/mol. The predicted molar refractivity (Wildman–Crippen MR) is 79.1 cm³/mol. The lowest BCUT2D eigenvalue weighted by molar-refractivity contribution is -0.120. The molecule has 0 heterocycles. The highest BCUT2D eigenvalue weighted by molar-refractivity contribution is 5.92. The van der Waals surface area contributed by atoms with Crippen LogP contribution in [0.4, 0.5) is 5.69 Å². The van der Waals surface area contributed by atoms with Crippen molar-refractivity contribution in [3.63, 3.8) is 0 Å². The maximum atomic E-state index is 12.1. The third-order valence-corrected chi connectivity index (χ3v) is 3.44. The Kier molecular flexibility index (Phi) is 5.61. The van der Waals surface area contributed by atoms with Gasteiger partial charge in [-0.3, -0.25) is 4.79 Å². The van der Waals surface area contributed by atoms with Crippen molar-refractivity contribution in [2.24, 2.45) is 11.8 Å². The highest BCUT2D eigenvalue weighted by Gasteiger charge is 2.18. The van der Waals surface area contributed by atoms with Gasteiger partial charge >= 0.3 is 0 Å². The second-order valence-electron chi connectivity index (χ2n) is 5.05. The van der Waals surface area contributed by atoms with Crippen LogP contribution < -0.4 is 5.32 Å². The maximum Gasteiger partial charge on any atom is 0.227 e. The van der Waals surface area contributed by atoms with E-state index >= 15 is 0 Å². The highest BCUT2D eigenvalue weighted by atomic mass is 16.3. The van der Waals surface area contributed by atoms with Crippen LogP contribution in [-0.2, 0) is 4.79 Å². The van der Waals surface area contributed by atoms with Crippen molar-refractivity contribution in [1.29, 1.82) is 0 Å². The fraction of sp³-hybridized carbons (Fsp3) is 0.438. The van der Waals surface area contributed by atoms with Crippen molar-refractivity contribution in [2.75, 3.05) is 5.32 Å². The first-order valence-electron chi connectivity index (χ1n) is 6.71. The lowest BCUT2D eigenvalue weighted by Gasteiger charge is -2.17. The van der Waals surface area contributed by atoms with E-state index in [1.54, 1.807) is 24.3 Å². The molecule has 1 amide bonds. The molecule has 0 aliphatic rings. The van der Waals surface area contributed by atoms with Gasteiger partial charge in [-0.05, 0) is 43.5 Å². The largest absolute Gasteiger partial charge is 0.508 e. The first-order chi connectivity index (χ1) is 8.93. The molecule has 3 nitrogen and oxygen atoms in total. The van der Waals surface area contributed by atoms with Crippen LogP contribution in [0.25, 0.3) is 0 Å². The number of carbonyl (C=O) groups excluding carboxylic acids is 1. The number of phenols is 1.